The van der Waals surface area contributed by atoms with Crippen molar-refractivity contribution in [3.05, 3.63) is 70.1 Å². The summed E-state index contributed by atoms with van der Waals surface area (Å²) in [5.74, 6) is 0.0103. The van der Waals surface area contributed by atoms with Gasteiger partial charge in [0.1, 0.15) is 4.91 Å². The molecule has 0 aliphatic carbocycles. The third kappa shape index (κ3) is 2.93. The Balaban J connectivity index is 1.65. The molecule has 1 saturated heterocycles. The van der Waals surface area contributed by atoms with Crippen molar-refractivity contribution in [2.24, 2.45) is 4.99 Å². The molecule has 1 amide bonds. The quantitative estimate of drug-likeness (QED) is 0.705. The summed E-state index contributed by atoms with van der Waals surface area (Å²) in [7, 11) is 3.81. The number of para-hydroxylation sites is 1. The lowest BCUT2D eigenvalue weighted by Crippen LogP contribution is -2.25. The van der Waals surface area contributed by atoms with Gasteiger partial charge in [0.25, 0.3) is 5.91 Å². The van der Waals surface area contributed by atoms with Crippen LogP contribution < -0.4 is 4.90 Å². The summed E-state index contributed by atoms with van der Waals surface area (Å²) in [6, 6.07) is 18.4. The molecule has 4 nitrogen and oxygen atoms in total. The summed E-state index contributed by atoms with van der Waals surface area (Å²) in [5, 5.41) is 1.73. The molecule has 2 heterocycles. The van der Waals surface area contributed by atoms with Crippen molar-refractivity contribution in [2.45, 2.75) is 17.9 Å². The summed E-state index contributed by atoms with van der Waals surface area (Å²) < 4.78 is 0. The predicted octanol–water partition coefficient (Wildman–Crippen LogP) is 4.72. The molecule has 0 bridgehead atoms. The van der Waals surface area contributed by atoms with Gasteiger partial charge in [-0.2, -0.15) is 0 Å². The number of carbonyl (C=O) groups is 1. The molecule has 2 aliphatic heterocycles. The molecule has 0 saturated carbocycles. The van der Waals surface area contributed by atoms with Gasteiger partial charge in [0, 0.05) is 19.0 Å². The van der Waals surface area contributed by atoms with E-state index in [1.165, 1.54) is 16.7 Å². The van der Waals surface area contributed by atoms with Crippen molar-refractivity contribution < 1.29 is 4.79 Å². The number of hydrogen-bond donors (Lipinski definition) is 0. The highest BCUT2D eigenvalue weighted by molar-refractivity contribution is 8.19. The Bertz CT molecular complexity index is 924. The van der Waals surface area contributed by atoms with Crippen molar-refractivity contribution in [1.82, 2.24) is 4.90 Å². The number of thioether (sulfide) groups is 2. The molecule has 0 aromatic heterocycles. The zero-order valence-corrected chi connectivity index (χ0v) is 16.5. The number of amidine groups is 1. The lowest BCUT2D eigenvalue weighted by molar-refractivity contribution is -0.121. The maximum atomic E-state index is 12.8. The van der Waals surface area contributed by atoms with Gasteiger partial charge in [-0.05, 0) is 36.4 Å². The minimum absolute atomic E-state index is 0.00413. The fourth-order valence-corrected chi connectivity index (χ4v) is 5.36. The highest BCUT2D eigenvalue weighted by Gasteiger charge is 2.37. The molecule has 1 unspecified atom stereocenters. The van der Waals surface area contributed by atoms with E-state index in [1.807, 2.05) is 37.4 Å². The number of nitrogens with zero attached hydrogens (tertiary/aromatic N) is 3. The highest BCUT2D eigenvalue weighted by Crippen LogP contribution is 2.49. The Labute approximate surface area is 162 Å². The van der Waals surface area contributed by atoms with Crippen LogP contribution in [0.3, 0.4) is 0 Å². The second-order valence-electron chi connectivity index (χ2n) is 6.23. The zero-order chi connectivity index (χ0) is 18.3. The van der Waals surface area contributed by atoms with Crippen molar-refractivity contribution >= 4 is 40.3 Å². The lowest BCUT2D eigenvalue weighted by Gasteiger charge is -2.14. The van der Waals surface area contributed by atoms with Gasteiger partial charge in [0.2, 0.25) is 0 Å². The van der Waals surface area contributed by atoms with Gasteiger partial charge < -0.3 is 4.90 Å². The zero-order valence-electron chi connectivity index (χ0n) is 14.8. The maximum Gasteiger partial charge on any atom is 0.269 e. The van der Waals surface area contributed by atoms with Crippen LogP contribution in [0, 0.1) is 0 Å². The number of anilines is 1. The molecule has 1 fully saturated rings. The van der Waals surface area contributed by atoms with Crippen LogP contribution in [0.4, 0.5) is 5.69 Å². The van der Waals surface area contributed by atoms with Crippen LogP contribution in [0.5, 0.6) is 0 Å². The number of likely N-dealkylation sites (N-methyl/N-ethyl adjacent to an activating group) is 1. The molecule has 2 aliphatic rings. The maximum absolute atomic E-state index is 12.8. The average Bonchev–Trinajstić information content (AvgIpc) is 3.14. The van der Waals surface area contributed by atoms with Crippen molar-refractivity contribution in [1.29, 1.82) is 0 Å². The van der Waals surface area contributed by atoms with Crippen LogP contribution in [0.25, 0.3) is 0 Å². The first kappa shape index (κ1) is 17.2. The van der Waals surface area contributed by atoms with E-state index in [-0.39, 0.29) is 11.9 Å². The smallest absolute Gasteiger partial charge is 0.269 e. The van der Waals surface area contributed by atoms with E-state index in [0.717, 1.165) is 26.4 Å². The largest absolute Gasteiger partial charge is 0.337 e. The van der Waals surface area contributed by atoms with Crippen LogP contribution in [0.1, 0.15) is 18.5 Å². The summed E-state index contributed by atoms with van der Waals surface area (Å²) in [4.78, 5) is 23.3. The first-order chi connectivity index (χ1) is 12.6. The Morgan fingerprint density at radius 3 is 2.35 bits per heavy atom. The van der Waals surface area contributed by atoms with Gasteiger partial charge in [-0.15, -0.1) is 0 Å². The van der Waals surface area contributed by atoms with Gasteiger partial charge in [-0.3, -0.25) is 14.7 Å². The van der Waals surface area contributed by atoms with E-state index in [0.29, 0.717) is 0 Å². The minimum Gasteiger partial charge on any atom is -0.337 e. The molecule has 2 aromatic carbocycles. The Morgan fingerprint density at radius 1 is 0.923 bits per heavy atom. The van der Waals surface area contributed by atoms with Crippen LogP contribution in [-0.2, 0) is 4.79 Å². The summed E-state index contributed by atoms with van der Waals surface area (Å²) in [6.07, 6.45) is 0. The van der Waals surface area contributed by atoms with Crippen LogP contribution in [0.2, 0.25) is 0 Å². The minimum atomic E-state index is 0.00413. The highest BCUT2D eigenvalue weighted by atomic mass is 32.2. The van der Waals surface area contributed by atoms with Gasteiger partial charge in [0.05, 0.1) is 16.8 Å². The van der Waals surface area contributed by atoms with E-state index >= 15 is 0 Å². The van der Waals surface area contributed by atoms with E-state index < -0.39 is 0 Å². The lowest BCUT2D eigenvalue weighted by atomic mass is 10.1. The Hall–Kier alpha value is -2.18. The molecule has 0 spiro atoms. The van der Waals surface area contributed by atoms with Gasteiger partial charge in [-0.1, -0.05) is 54.2 Å². The van der Waals surface area contributed by atoms with Gasteiger partial charge in [-0.25, -0.2) is 0 Å². The molecule has 1 atom stereocenters. The molecular formula is C20H19N3OS2. The molecular weight excluding hydrogens is 362 g/mol. The molecule has 6 heteroatoms. The average molecular weight is 382 g/mol. The Morgan fingerprint density at radius 2 is 1.62 bits per heavy atom. The number of benzene rings is 2. The predicted molar refractivity (Wildman–Crippen MR) is 110 cm³/mol. The van der Waals surface area contributed by atoms with Crippen LogP contribution in [0.15, 0.2) is 74.4 Å². The van der Waals surface area contributed by atoms with E-state index in [4.69, 9.17) is 4.99 Å². The van der Waals surface area contributed by atoms with Gasteiger partial charge in [0.15, 0.2) is 5.17 Å². The van der Waals surface area contributed by atoms with Crippen LogP contribution >= 0.6 is 23.5 Å². The number of rotatable bonds is 2. The van der Waals surface area contributed by atoms with Crippen LogP contribution in [-0.4, -0.2) is 30.1 Å². The first-order valence-electron chi connectivity index (χ1n) is 8.40. The fourth-order valence-electron chi connectivity index (χ4n) is 2.96. The SMILES string of the molecule is CC(N=C1SC(=C2Sc3ccccc3N2C)C(=O)N1C)c1ccccc1. The monoisotopic (exact) mass is 381 g/mol. The third-order valence-electron chi connectivity index (χ3n) is 4.50. The molecule has 2 aromatic rings. The second-order valence-corrected chi connectivity index (χ2v) is 8.24. The molecule has 26 heavy (non-hydrogen) atoms. The van der Waals surface area contributed by atoms with Crippen molar-refractivity contribution in [3.63, 3.8) is 0 Å². The number of aliphatic imine (C=N–C) groups is 1. The number of hydrogen-bond acceptors (Lipinski definition) is 5. The number of fused-ring (bicyclic) bond motifs is 1. The van der Waals surface area contributed by atoms with Crippen molar-refractivity contribution in [2.75, 3.05) is 19.0 Å². The summed E-state index contributed by atoms with van der Waals surface area (Å²) in [5.41, 5.74) is 2.28. The van der Waals surface area contributed by atoms with E-state index in [9.17, 15) is 4.79 Å². The van der Waals surface area contributed by atoms with Crippen molar-refractivity contribution in [3.8, 4) is 0 Å². The number of carbonyl (C=O) groups excluding carboxylic acids is 1. The fraction of sp³-hybridized carbons (Fsp3) is 0.200. The van der Waals surface area contributed by atoms with E-state index in [2.05, 4.69) is 36.1 Å². The molecule has 0 radical (unpaired) electrons. The molecule has 132 valence electrons. The van der Waals surface area contributed by atoms with E-state index in [1.54, 1.807) is 23.7 Å². The Kier molecular flexibility index (Phi) is 4.54. The topological polar surface area (TPSA) is 35.9 Å². The summed E-state index contributed by atoms with van der Waals surface area (Å²) in [6.45, 7) is 2.05. The molecule has 4 rings (SSSR count). The molecule has 0 N–H and O–H groups in total. The summed E-state index contributed by atoms with van der Waals surface area (Å²) >= 11 is 3.11. The van der Waals surface area contributed by atoms with Gasteiger partial charge >= 0.3 is 0 Å². The normalized spacial score (nSPS) is 22.3. The first-order valence-corrected chi connectivity index (χ1v) is 10.0. The number of amides is 1. The second kappa shape index (κ2) is 6.85. The third-order valence-corrected chi connectivity index (χ3v) is 7.00. The standard InChI is InChI=1S/C20H19N3OS2/c1-13(14-9-5-4-6-10-14)21-20-23(3)18(24)17(26-20)19-22(2)15-11-7-8-12-16(15)25-19/h4-13H,1-3H3.